The summed E-state index contributed by atoms with van der Waals surface area (Å²) in [5.41, 5.74) is -0.762. The Morgan fingerprint density at radius 2 is 2.14 bits per heavy atom. The smallest absolute Gasteiger partial charge is 0.311 e. The summed E-state index contributed by atoms with van der Waals surface area (Å²) in [7, 11) is 0. The third-order valence-electron chi connectivity index (χ3n) is 3.78. The van der Waals surface area contributed by atoms with Gasteiger partial charge in [-0.15, -0.1) is 16.4 Å². The Bertz CT molecular complexity index is 1010. The predicted molar refractivity (Wildman–Crippen MR) is 104 cm³/mol. The molecule has 0 saturated heterocycles. The van der Waals surface area contributed by atoms with Crippen molar-refractivity contribution in [3.8, 4) is 16.8 Å². The molecular weight excluding hydrogens is 423 g/mol. The molecule has 0 aliphatic heterocycles. The van der Waals surface area contributed by atoms with Gasteiger partial charge in [-0.05, 0) is 29.6 Å². The topological polar surface area (TPSA) is 85.7 Å². The zero-order valence-corrected chi connectivity index (χ0v) is 16.4. The Labute approximate surface area is 172 Å². The number of anilines is 1. The van der Waals surface area contributed by atoms with Gasteiger partial charge in [0.25, 0.3) is 0 Å². The number of thioether (sulfide) groups is 1. The third kappa shape index (κ3) is 5.36. The van der Waals surface area contributed by atoms with Crippen molar-refractivity contribution in [2.45, 2.75) is 17.8 Å². The third-order valence-corrected chi connectivity index (χ3v) is 5.49. The van der Waals surface area contributed by atoms with E-state index in [-0.39, 0.29) is 24.4 Å². The molecule has 1 N–H and O–H groups in total. The van der Waals surface area contributed by atoms with Crippen LogP contribution < -0.4 is 4.90 Å². The monoisotopic (exact) mass is 437 g/mol. The van der Waals surface area contributed by atoms with E-state index in [1.165, 1.54) is 28.4 Å². The zero-order valence-electron chi connectivity index (χ0n) is 14.8. The van der Waals surface area contributed by atoms with Crippen LogP contribution in [-0.4, -0.2) is 33.4 Å². The molecule has 0 saturated carbocycles. The highest BCUT2D eigenvalue weighted by Crippen LogP contribution is 2.32. The molecule has 150 valence electrons. The highest BCUT2D eigenvalue weighted by atomic mass is 32.2. The first-order valence-corrected chi connectivity index (χ1v) is 10.2. The predicted octanol–water partition coefficient (Wildman–Crippen LogP) is 4.59. The Hall–Kier alpha value is -2.84. The van der Waals surface area contributed by atoms with Crippen LogP contribution in [0.15, 0.2) is 46.9 Å². The number of hydrogen-bond donors (Lipinski definition) is 1. The molecule has 0 radical (unpaired) electrons. The fourth-order valence-corrected chi connectivity index (χ4v) is 3.79. The lowest BCUT2D eigenvalue weighted by Gasteiger charge is -2.22. The van der Waals surface area contributed by atoms with Crippen molar-refractivity contribution in [3.63, 3.8) is 0 Å². The van der Waals surface area contributed by atoms with Crippen molar-refractivity contribution in [1.29, 1.82) is 5.26 Å². The number of halogens is 3. The lowest BCUT2D eigenvalue weighted by atomic mass is 10.1. The van der Waals surface area contributed by atoms with Crippen molar-refractivity contribution in [2.24, 2.45) is 0 Å². The molecule has 6 nitrogen and oxygen atoms in total. The van der Waals surface area contributed by atoms with Crippen LogP contribution in [-0.2, 0) is 11.0 Å². The van der Waals surface area contributed by atoms with Crippen molar-refractivity contribution >= 4 is 34.7 Å². The Kier molecular flexibility index (Phi) is 6.56. The number of alkyl halides is 3. The molecule has 0 fully saturated rings. The molecule has 0 unspecified atom stereocenters. The van der Waals surface area contributed by atoms with Gasteiger partial charge in [0.05, 0.1) is 28.7 Å². The Balaban J connectivity index is 1.72. The van der Waals surface area contributed by atoms with Crippen LogP contribution in [0.25, 0.3) is 10.7 Å². The second kappa shape index (κ2) is 9.11. The number of amides is 1. The van der Waals surface area contributed by atoms with Gasteiger partial charge in [0.15, 0.2) is 5.82 Å². The summed E-state index contributed by atoms with van der Waals surface area (Å²) in [5, 5.41) is 17.9. The summed E-state index contributed by atoms with van der Waals surface area (Å²) >= 11 is 2.56. The van der Waals surface area contributed by atoms with Gasteiger partial charge in [0, 0.05) is 12.2 Å². The molecule has 1 aromatic carbocycles. The van der Waals surface area contributed by atoms with E-state index in [0.29, 0.717) is 11.0 Å². The molecule has 2 heterocycles. The summed E-state index contributed by atoms with van der Waals surface area (Å²) in [6.07, 6.45) is -4.53. The van der Waals surface area contributed by atoms with Crippen LogP contribution in [0, 0.1) is 11.3 Å². The van der Waals surface area contributed by atoms with Gasteiger partial charge in [-0.2, -0.15) is 18.4 Å². The molecule has 11 heteroatoms. The molecule has 3 rings (SSSR count). The first-order chi connectivity index (χ1) is 13.9. The van der Waals surface area contributed by atoms with E-state index < -0.39 is 17.6 Å². The van der Waals surface area contributed by atoms with Crippen molar-refractivity contribution < 1.29 is 18.0 Å². The SMILES string of the molecule is N#CCCN(C(=O)CSc1n[nH]c(-c2cccs2)n1)c1cccc(C(F)(F)F)c1. The fraction of sp³-hybridized carbons (Fsp3) is 0.222. The molecule has 0 aliphatic rings. The first-order valence-electron chi connectivity index (χ1n) is 8.32. The van der Waals surface area contributed by atoms with Gasteiger partial charge in [-0.3, -0.25) is 9.89 Å². The number of carbonyl (C=O) groups is 1. The molecular formula is C18H14F3N5OS2. The number of thiophene rings is 1. The lowest BCUT2D eigenvalue weighted by molar-refractivity contribution is -0.137. The van der Waals surface area contributed by atoms with Crippen molar-refractivity contribution in [3.05, 3.63) is 47.3 Å². The maximum absolute atomic E-state index is 13.0. The minimum Gasteiger partial charge on any atom is -0.311 e. The summed E-state index contributed by atoms with van der Waals surface area (Å²) in [5.74, 6) is 0.0601. The van der Waals surface area contributed by atoms with E-state index in [1.807, 2.05) is 23.6 Å². The van der Waals surface area contributed by atoms with Crippen LogP contribution in [0.1, 0.15) is 12.0 Å². The van der Waals surface area contributed by atoms with Crippen molar-refractivity contribution in [2.75, 3.05) is 17.2 Å². The van der Waals surface area contributed by atoms with E-state index >= 15 is 0 Å². The zero-order chi connectivity index (χ0) is 20.9. The number of rotatable bonds is 7. The van der Waals surface area contributed by atoms with E-state index in [0.717, 1.165) is 28.8 Å². The number of nitriles is 1. The van der Waals surface area contributed by atoms with Crippen molar-refractivity contribution in [1.82, 2.24) is 15.2 Å². The Morgan fingerprint density at radius 1 is 1.31 bits per heavy atom. The largest absolute Gasteiger partial charge is 0.416 e. The molecule has 0 atom stereocenters. The van der Waals surface area contributed by atoms with Crippen LogP contribution >= 0.6 is 23.1 Å². The van der Waals surface area contributed by atoms with Gasteiger partial charge >= 0.3 is 6.18 Å². The molecule has 2 aromatic heterocycles. The van der Waals surface area contributed by atoms with E-state index in [2.05, 4.69) is 15.2 Å². The number of nitrogens with zero attached hydrogens (tertiary/aromatic N) is 4. The van der Waals surface area contributed by atoms with E-state index in [1.54, 1.807) is 0 Å². The number of aromatic amines is 1. The number of carbonyl (C=O) groups excluding carboxylic acids is 1. The fourth-order valence-electron chi connectivity index (χ4n) is 2.45. The van der Waals surface area contributed by atoms with Crippen LogP contribution in [0.5, 0.6) is 0 Å². The second-order valence-electron chi connectivity index (χ2n) is 5.73. The molecule has 0 spiro atoms. The van der Waals surface area contributed by atoms with Gasteiger partial charge in [-0.25, -0.2) is 4.98 Å². The van der Waals surface area contributed by atoms with Gasteiger partial charge in [0.2, 0.25) is 11.1 Å². The highest BCUT2D eigenvalue weighted by molar-refractivity contribution is 7.99. The highest BCUT2D eigenvalue weighted by Gasteiger charge is 2.31. The molecule has 0 bridgehead atoms. The summed E-state index contributed by atoms with van der Waals surface area (Å²) in [6, 6.07) is 10.2. The minimum absolute atomic E-state index is 0.00413. The molecule has 0 aliphatic carbocycles. The number of benzene rings is 1. The molecule has 29 heavy (non-hydrogen) atoms. The standard InChI is InChI=1S/C18H14F3N5OS2/c19-18(20,21)12-4-1-5-13(10-12)26(8-3-7-22)15(27)11-29-17-23-16(24-25-17)14-6-2-9-28-14/h1-2,4-6,9-10H,3,8,11H2,(H,23,24,25). The summed E-state index contributed by atoms with van der Waals surface area (Å²) < 4.78 is 39.0. The quantitative estimate of drug-likeness (QED) is 0.547. The summed E-state index contributed by atoms with van der Waals surface area (Å²) in [4.78, 5) is 19.0. The molecule has 1 amide bonds. The Morgan fingerprint density at radius 3 is 2.83 bits per heavy atom. The van der Waals surface area contributed by atoms with Crippen LogP contribution in [0.2, 0.25) is 0 Å². The average Bonchev–Trinajstić information content (AvgIpc) is 3.38. The van der Waals surface area contributed by atoms with E-state index in [9.17, 15) is 18.0 Å². The van der Waals surface area contributed by atoms with Gasteiger partial charge in [0.1, 0.15) is 0 Å². The van der Waals surface area contributed by atoms with Gasteiger partial charge in [-0.1, -0.05) is 23.9 Å². The van der Waals surface area contributed by atoms with Gasteiger partial charge < -0.3 is 4.90 Å². The second-order valence-corrected chi connectivity index (χ2v) is 7.62. The minimum atomic E-state index is -4.52. The maximum Gasteiger partial charge on any atom is 0.416 e. The number of nitrogens with one attached hydrogen (secondary N) is 1. The number of aromatic nitrogens is 3. The van der Waals surface area contributed by atoms with Crippen LogP contribution in [0.4, 0.5) is 18.9 Å². The number of hydrogen-bond acceptors (Lipinski definition) is 6. The van der Waals surface area contributed by atoms with E-state index in [4.69, 9.17) is 5.26 Å². The number of H-pyrrole nitrogens is 1. The lowest BCUT2D eigenvalue weighted by Crippen LogP contribution is -2.33. The van der Waals surface area contributed by atoms with Crippen LogP contribution in [0.3, 0.4) is 0 Å². The molecule has 3 aromatic rings. The average molecular weight is 437 g/mol. The summed E-state index contributed by atoms with van der Waals surface area (Å²) in [6.45, 7) is -0.00829. The maximum atomic E-state index is 13.0. The first kappa shape index (κ1) is 20.9. The normalized spacial score (nSPS) is 11.2.